The van der Waals surface area contributed by atoms with Crippen molar-refractivity contribution in [2.24, 2.45) is 29.6 Å². The summed E-state index contributed by atoms with van der Waals surface area (Å²) in [6.07, 6.45) is 16.3. The van der Waals surface area contributed by atoms with Gasteiger partial charge in [0.1, 0.15) is 0 Å². The van der Waals surface area contributed by atoms with Crippen LogP contribution < -0.4 is 21.3 Å². The summed E-state index contributed by atoms with van der Waals surface area (Å²) in [4.78, 5) is 41.6. The Hall–Kier alpha value is -3.16. The molecule has 0 aliphatic heterocycles. The third-order valence-corrected chi connectivity index (χ3v) is 3.78. The third-order valence-electron chi connectivity index (χ3n) is 3.78. The molecule has 0 aromatic rings. The van der Waals surface area contributed by atoms with Gasteiger partial charge in [-0.05, 0) is 54.4 Å². The molecule has 39 heavy (non-hydrogen) atoms. The summed E-state index contributed by atoms with van der Waals surface area (Å²) < 4.78 is 0. The Labute approximate surface area is 239 Å². The van der Waals surface area contributed by atoms with Gasteiger partial charge in [0.15, 0.2) is 0 Å². The van der Waals surface area contributed by atoms with Crippen LogP contribution in [-0.4, -0.2) is 24.1 Å². The van der Waals surface area contributed by atoms with Crippen molar-refractivity contribution in [1.29, 1.82) is 0 Å². The lowest BCUT2D eigenvalue weighted by Crippen LogP contribution is -2.18. The first-order chi connectivity index (χ1) is 18.1. The molecule has 0 atom stereocenters. The number of hydrogen-bond donors (Lipinski definition) is 4. The van der Waals surface area contributed by atoms with E-state index in [0.717, 1.165) is 0 Å². The van der Waals surface area contributed by atoms with Gasteiger partial charge in [-0.1, -0.05) is 100 Å². The molecule has 0 rings (SSSR count). The highest BCUT2D eigenvalue weighted by atomic mass is 16.2. The Morgan fingerprint density at radius 2 is 0.949 bits per heavy atom. The second-order valence-corrected chi connectivity index (χ2v) is 10.5. The maximum absolute atomic E-state index is 11.1. The minimum atomic E-state index is -0.0214. The maximum Gasteiger partial charge on any atom is 0.224 e. The Balaban J connectivity index is -0.000000212. The SMILES string of the molecule is CC(=O)N/C=C/C(C)C.CC(C)/C=C/NC(=O)CC(C)C.CC(C)/C=C/NC=O.CCC(=O)N/C=C/C(C)C. The van der Waals surface area contributed by atoms with Crippen molar-refractivity contribution in [1.82, 2.24) is 21.3 Å². The van der Waals surface area contributed by atoms with Gasteiger partial charge in [0, 0.05) is 19.8 Å². The van der Waals surface area contributed by atoms with E-state index in [9.17, 15) is 19.2 Å². The average Bonchev–Trinajstić information content (AvgIpc) is 2.78. The molecule has 0 bridgehead atoms. The molecule has 0 heterocycles. The van der Waals surface area contributed by atoms with Crippen LogP contribution in [0.2, 0.25) is 0 Å². The van der Waals surface area contributed by atoms with Crippen LogP contribution in [0.1, 0.15) is 95.9 Å². The van der Waals surface area contributed by atoms with Gasteiger partial charge >= 0.3 is 0 Å². The van der Waals surface area contributed by atoms with Gasteiger partial charge in [-0.15, -0.1) is 0 Å². The van der Waals surface area contributed by atoms with Crippen molar-refractivity contribution in [3.05, 3.63) is 49.1 Å². The molecule has 0 aromatic carbocycles. The standard InChI is InChI=1S/C10H19NO.C8H15NO.C7H13NO.C6H11NO/c1-8(2)5-6-11-10(12)7-9(3)4;1-4-8(10)9-6-5-7(2)3;1-6(2)4-5-8-7(3)9;1-6(2)3-4-7-5-8/h5-6,8-9H,7H2,1-4H3,(H,11,12);5-7H,4H2,1-3H3,(H,9,10);4-6H,1-3H3,(H,8,9);3-6H,1-2H3,(H,7,8)/b2*6-5+;5-4+;4-3+. The number of carbonyl (C=O) groups excluding carboxylic acids is 4. The zero-order valence-electron chi connectivity index (χ0n) is 26.6. The molecule has 0 fully saturated rings. The summed E-state index contributed by atoms with van der Waals surface area (Å²) >= 11 is 0. The molecular formula is C31H58N4O4. The fourth-order valence-electron chi connectivity index (χ4n) is 1.84. The van der Waals surface area contributed by atoms with E-state index in [1.54, 1.807) is 24.8 Å². The summed E-state index contributed by atoms with van der Waals surface area (Å²) in [5.41, 5.74) is 0. The van der Waals surface area contributed by atoms with E-state index < -0.39 is 0 Å². The van der Waals surface area contributed by atoms with E-state index in [2.05, 4.69) is 62.8 Å². The number of hydrogen-bond acceptors (Lipinski definition) is 4. The highest BCUT2D eigenvalue weighted by Gasteiger charge is 2.01. The van der Waals surface area contributed by atoms with Crippen LogP contribution in [0.3, 0.4) is 0 Å². The summed E-state index contributed by atoms with van der Waals surface area (Å²) in [5, 5.41) is 10.3. The molecule has 0 unspecified atom stereocenters. The molecule has 0 saturated heterocycles. The van der Waals surface area contributed by atoms with Crippen LogP contribution in [0.4, 0.5) is 0 Å². The predicted molar refractivity (Wildman–Crippen MR) is 165 cm³/mol. The van der Waals surface area contributed by atoms with Crippen molar-refractivity contribution >= 4 is 24.1 Å². The van der Waals surface area contributed by atoms with E-state index in [4.69, 9.17) is 0 Å². The first-order valence-electron chi connectivity index (χ1n) is 13.8. The van der Waals surface area contributed by atoms with Crippen LogP contribution in [0.25, 0.3) is 0 Å². The lowest BCUT2D eigenvalue weighted by Gasteiger charge is -2.02. The lowest BCUT2D eigenvalue weighted by atomic mass is 10.1. The molecule has 226 valence electrons. The fraction of sp³-hybridized carbons (Fsp3) is 0.613. The Morgan fingerprint density at radius 1 is 0.590 bits per heavy atom. The molecule has 0 spiro atoms. The topological polar surface area (TPSA) is 116 Å². The van der Waals surface area contributed by atoms with E-state index in [1.807, 2.05) is 58.9 Å². The number of rotatable bonds is 12. The predicted octanol–water partition coefficient (Wildman–Crippen LogP) is 6.20. The van der Waals surface area contributed by atoms with Crippen molar-refractivity contribution in [2.75, 3.05) is 0 Å². The summed E-state index contributed by atoms with van der Waals surface area (Å²) in [5.74, 6) is 2.56. The highest BCUT2D eigenvalue weighted by Crippen LogP contribution is 1.98. The zero-order chi connectivity index (χ0) is 31.2. The minimum Gasteiger partial charge on any atom is -0.336 e. The molecule has 8 nitrogen and oxygen atoms in total. The Bertz CT molecular complexity index is 735. The van der Waals surface area contributed by atoms with E-state index in [1.165, 1.54) is 6.92 Å². The number of carbonyl (C=O) groups is 4. The normalized spacial score (nSPS) is 10.9. The van der Waals surface area contributed by atoms with E-state index in [-0.39, 0.29) is 17.7 Å². The van der Waals surface area contributed by atoms with Crippen LogP contribution in [0, 0.1) is 29.6 Å². The largest absolute Gasteiger partial charge is 0.336 e. The van der Waals surface area contributed by atoms with Gasteiger partial charge < -0.3 is 21.3 Å². The van der Waals surface area contributed by atoms with Crippen LogP contribution in [0.15, 0.2) is 49.1 Å². The second kappa shape index (κ2) is 31.1. The zero-order valence-corrected chi connectivity index (χ0v) is 26.6. The lowest BCUT2D eigenvalue weighted by molar-refractivity contribution is -0.121. The van der Waals surface area contributed by atoms with Crippen molar-refractivity contribution < 1.29 is 19.2 Å². The van der Waals surface area contributed by atoms with Gasteiger partial charge in [-0.2, -0.15) is 0 Å². The number of amides is 4. The van der Waals surface area contributed by atoms with Gasteiger partial charge in [-0.3, -0.25) is 19.2 Å². The van der Waals surface area contributed by atoms with Gasteiger partial charge in [0.2, 0.25) is 24.1 Å². The minimum absolute atomic E-state index is 0.0214. The molecule has 0 aliphatic rings. The van der Waals surface area contributed by atoms with Crippen molar-refractivity contribution in [2.45, 2.75) is 95.9 Å². The van der Waals surface area contributed by atoms with E-state index >= 15 is 0 Å². The smallest absolute Gasteiger partial charge is 0.224 e. The first-order valence-corrected chi connectivity index (χ1v) is 13.8. The van der Waals surface area contributed by atoms with E-state index in [0.29, 0.717) is 48.8 Å². The third kappa shape index (κ3) is 56.3. The molecule has 4 amide bonds. The molecular weight excluding hydrogens is 492 g/mol. The van der Waals surface area contributed by atoms with Gasteiger partial charge in [-0.25, -0.2) is 0 Å². The van der Waals surface area contributed by atoms with Crippen molar-refractivity contribution in [3.8, 4) is 0 Å². The number of nitrogens with one attached hydrogen (secondary N) is 4. The summed E-state index contributed by atoms with van der Waals surface area (Å²) in [6, 6.07) is 0. The van der Waals surface area contributed by atoms with Crippen molar-refractivity contribution in [3.63, 3.8) is 0 Å². The van der Waals surface area contributed by atoms with Crippen LogP contribution >= 0.6 is 0 Å². The molecule has 0 radical (unpaired) electrons. The van der Waals surface area contributed by atoms with Gasteiger partial charge in [0.25, 0.3) is 0 Å². The molecule has 0 saturated carbocycles. The monoisotopic (exact) mass is 550 g/mol. The second-order valence-electron chi connectivity index (χ2n) is 10.5. The van der Waals surface area contributed by atoms with Gasteiger partial charge in [0.05, 0.1) is 0 Å². The molecule has 4 N–H and O–H groups in total. The van der Waals surface area contributed by atoms with Crippen LogP contribution in [-0.2, 0) is 19.2 Å². The highest BCUT2D eigenvalue weighted by molar-refractivity contribution is 5.77. The quantitative estimate of drug-likeness (QED) is 0.217. The molecule has 0 aromatic heterocycles. The first kappa shape index (κ1) is 42.9. The maximum atomic E-state index is 11.1. The Morgan fingerprint density at radius 3 is 1.26 bits per heavy atom. The van der Waals surface area contributed by atoms with Crippen LogP contribution in [0.5, 0.6) is 0 Å². The fourth-order valence-corrected chi connectivity index (χ4v) is 1.84. The Kier molecular flexibility index (Phi) is 34.2. The summed E-state index contributed by atoms with van der Waals surface area (Å²) in [7, 11) is 0. The molecule has 0 aliphatic carbocycles. The molecule has 8 heteroatoms. The number of allylic oxidation sites excluding steroid dienone is 4. The summed E-state index contributed by atoms with van der Waals surface area (Å²) in [6.45, 7) is 23.9. The average molecular weight is 551 g/mol.